The number of aliphatic carboxylic acids is 1. The van der Waals surface area contributed by atoms with Gasteiger partial charge in [0.1, 0.15) is 18.9 Å². The van der Waals surface area contributed by atoms with Crippen LogP contribution >= 0.6 is 15.9 Å². The number of carboxylic acid groups (broad SMARTS) is 1. The Bertz CT molecular complexity index is 589. The molecule has 0 aromatic heterocycles. The van der Waals surface area contributed by atoms with E-state index in [-0.39, 0.29) is 6.54 Å². The molecular weight excluding hydrogens is 334 g/mol. The largest absolute Gasteiger partial charge is 0.492 e. The average molecular weight is 350 g/mol. The molecule has 0 atom stereocenters. The molecule has 0 aliphatic heterocycles. The molecule has 0 bridgehead atoms. The van der Waals surface area contributed by atoms with Crippen molar-refractivity contribution in [3.8, 4) is 5.75 Å². The smallest absolute Gasteiger partial charge is 0.323 e. The number of carbonyl (C=O) groups is 1. The number of hydrogen-bond donors (Lipinski definition) is 1. The van der Waals surface area contributed by atoms with Crippen LogP contribution in [0.25, 0.3) is 0 Å². The second kappa shape index (κ2) is 7.69. The number of nitrogens with zero attached hydrogens (tertiary/aromatic N) is 1. The van der Waals surface area contributed by atoms with Crippen LogP contribution in [0.4, 0.5) is 5.69 Å². The Labute approximate surface area is 132 Å². The summed E-state index contributed by atoms with van der Waals surface area (Å²) < 4.78 is 6.61. The molecule has 4 nitrogen and oxygen atoms in total. The summed E-state index contributed by atoms with van der Waals surface area (Å²) in [5, 5.41) is 9.01. The fourth-order valence-corrected chi connectivity index (χ4v) is 2.31. The van der Waals surface area contributed by atoms with E-state index in [2.05, 4.69) is 15.9 Å². The lowest BCUT2D eigenvalue weighted by molar-refractivity contribution is -0.135. The zero-order chi connectivity index (χ0) is 15.1. The molecule has 0 spiro atoms. The molecule has 0 saturated carbocycles. The molecule has 0 heterocycles. The molecule has 0 radical (unpaired) electrons. The first kappa shape index (κ1) is 15.4. The Hall–Kier alpha value is -2.01. The molecule has 1 N–H and O–H groups in total. The third-order valence-corrected chi connectivity index (χ3v) is 3.37. The van der Waals surface area contributed by atoms with Gasteiger partial charge in [-0.15, -0.1) is 0 Å². The van der Waals surface area contributed by atoms with Crippen molar-refractivity contribution < 1.29 is 14.6 Å². The Morgan fingerprint density at radius 3 is 2.57 bits per heavy atom. The normalized spacial score (nSPS) is 10.1. The van der Waals surface area contributed by atoms with Gasteiger partial charge in [0.2, 0.25) is 0 Å². The van der Waals surface area contributed by atoms with E-state index in [1.165, 1.54) is 0 Å². The number of carboxylic acids is 1. The van der Waals surface area contributed by atoms with Gasteiger partial charge in [0.25, 0.3) is 0 Å². The lowest BCUT2D eigenvalue weighted by Crippen LogP contribution is -2.33. The molecule has 2 rings (SSSR count). The summed E-state index contributed by atoms with van der Waals surface area (Å²) >= 11 is 3.38. The van der Waals surface area contributed by atoms with Crippen molar-refractivity contribution in [1.82, 2.24) is 0 Å². The topological polar surface area (TPSA) is 49.8 Å². The number of para-hydroxylation sites is 1. The van der Waals surface area contributed by atoms with Crippen molar-refractivity contribution in [2.75, 3.05) is 24.6 Å². The quantitative estimate of drug-likeness (QED) is 0.831. The maximum atomic E-state index is 11.0. The summed E-state index contributed by atoms with van der Waals surface area (Å²) in [5.41, 5.74) is 0.873. The van der Waals surface area contributed by atoms with E-state index in [0.29, 0.717) is 13.2 Å². The molecule has 2 aromatic carbocycles. The minimum absolute atomic E-state index is 0.0497. The van der Waals surface area contributed by atoms with Crippen LogP contribution in [0, 0.1) is 0 Å². The second-order valence-electron chi connectivity index (χ2n) is 4.46. The highest BCUT2D eigenvalue weighted by Gasteiger charge is 2.10. The fourth-order valence-electron chi connectivity index (χ4n) is 1.93. The molecule has 0 fully saturated rings. The summed E-state index contributed by atoms with van der Waals surface area (Å²) in [4.78, 5) is 12.8. The van der Waals surface area contributed by atoms with Crippen LogP contribution in [0.2, 0.25) is 0 Å². The Morgan fingerprint density at radius 1 is 1.14 bits per heavy atom. The van der Waals surface area contributed by atoms with E-state index < -0.39 is 5.97 Å². The van der Waals surface area contributed by atoms with Crippen molar-refractivity contribution in [2.24, 2.45) is 0 Å². The van der Waals surface area contributed by atoms with Gasteiger partial charge in [0, 0.05) is 10.2 Å². The van der Waals surface area contributed by atoms with E-state index in [9.17, 15) is 4.79 Å². The summed E-state index contributed by atoms with van der Waals surface area (Å²) in [7, 11) is 0. The zero-order valence-corrected chi connectivity index (χ0v) is 13.0. The highest BCUT2D eigenvalue weighted by atomic mass is 79.9. The van der Waals surface area contributed by atoms with E-state index in [1.807, 2.05) is 54.6 Å². The minimum Gasteiger partial charge on any atom is -0.492 e. The summed E-state index contributed by atoms with van der Waals surface area (Å²) in [6, 6.07) is 17.0. The van der Waals surface area contributed by atoms with Gasteiger partial charge in [-0.2, -0.15) is 0 Å². The first-order valence-electron chi connectivity index (χ1n) is 6.55. The van der Waals surface area contributed by atoms with Crippen molar-refractivity contribution >= 4 is 27.6 Å². The SMILES string of the molecule is O=C(O)CN(CCOc1cccc(Br)c1)c1ccccc1. The van der Waals surface area contributed by atoms with Crippen LogP contribution in [0.1, 0.15) is 0 Å². The molecule has 5 heteroatoms. The molecule has 0 aliphatic rings. The number of halogens is 1. The lowest BCUT2D eigenvalue weighted by Gasteiger charge is -2.22. The van der Waals surface area contributed by atoms with Crippen LogP contribution in [-0.4, -0.2) is 30.8 Å². The van der Waals surface area contributed by atoms with Crippen molar-refractivity contribution in [2.45, 2.75) is 0 Å². The Morgan fingerprint density at radius 2 is 1.90 bits per heavy atom. The maximum absolute atomic E-state index is 11.0. The van der Waals surface area contributed by atoms with Gasteiger partial charge in [-0.3, -0.25) is 4.79 Å². The molecule has 0 amide bonds. The predicted octanol–water partition coefficient (Wildman–Crippen LogP) is 3.42. The van der Waals surface area contributed by atoms with Gasteiger partial charge >= 0.3 is 5.97 Å². The van der Waals surface area contributed by atoms with Crippen LogP contribution in [0.3, 0.4) is 0 Å². The summed E-state index contributed by atoms with van der Waals surface area (Å²) in [5.74, 6) is -0.103. The van der Waals surface area contributed by atoms with E-state index in [0.717, 1.165) is 15.9 Å². The van der Waals surface area contributed by atoms with Crippen molar-refractivity contribution in [1.29, 1.82) is 0 Å². The predicted molar refractivity (Wildman–Crippen MR) is 85.9 cm³/mol. The molecule has 0 saturated heterocycles. The minimum atomic E-state index is -0.860. The van der Waals surface area contributed by atoms with Gasteiger partial charge in [0.15, 0.2) is 0 Å². The molecule has 21 heavy (non-hydrogen) atoms. The zero-order valence-electron chi connectivity index (χ0n) is 11.4. The van der Waals surface area contributed by atoms with Gasteiger partial charge in [0.05, 0.1) is 6.54 Å². The second-order valence-corrected chi connectivity index (χ2v) is 5.37. The molecule has 2 aromatic rings. The van der Waals surface area contributed by atoms with Gasteiger partial charge in [-0.05, 0) is 30.3 Å². The Kier molecular flexibility index (Phi) is 5.63. The third-order valence-electron chi connectivity index (χ3n) is 2.87. The number of rotatable bonds is 7. The number of ether oxygens (including phenoxy) is 1. The standard InChI is InChI=1S/C16H16BrNO3/c17-13-5-4-8-15(11-13)21-10-9-18(12-16(19)20)14-6-2-1-3-7-14/h1-8,11H,9-10,12H2,(H,19,20). The van der Waals surface area contributed by atoms with Crippen molar-refractivity contribution in [3.63, 3.8) is 0 Å². The highest BCUT2D eigenvalue weighted by Crippen LogP contribution is 2.18. The van der Waals surface area contributed by atoms with E-state index in [4.69, 9.17) is 9.84 Å². The highest BCUT2D eigenvalue weighted by molar-refractivity contribution is 9.10. The summed E-state index contributed by atoms with van der Waals surface area (Å²) in [6.45, 7) is 0.868. The maximum Gasteiger partial charge on any atom is 0.323 e. The third kappa shape index (κ3) is 5.11. The van der Waals surface area contributed by atoms with Crippen LogP contribution < -0.4 is 9.64 Å². The molecule has 0 aliphatic carbocycles. The Balaban J connectivity index is 1.95. The fraction of sp³-hybridized carbons (Fsp3) is 0.188. The van der Waals surface area contributed by atoms with Gasteiger partial charge in [-0.1, -0.05) is 40.2 Å². The molecular formula is C16H16BrNO3. The van der Waals surface area contributed by atoms with Crippen LogP contribution in [-0.2, 0) is 4.79 Å². The summed E-state index contributed by atoms with van der Waals surface area (Å²) in [6.07, 6.45) is 0. The van der Waals surface area contributed by atoms with Gasteiger partial charge < -0.3 is 14.7 Å². The molecule has 110 valence electrons. The van der Waals surface area contributed by atoms with E-state index in [1.54, 1.807) is 4.90 Å². The van der Waals surface area contributed by atoms with Crippen LogP contribution in [0.15, 0.2) is 59.1 Å². The van der Waals surface area contributed by atoms with Gasteiger partial charge in [-0.25, -0.2) is 0 Å². The number of anilines is 1. The van der Waals surface area contributed by atoms with Crippen LogP contribution in [0.5, 0.6) is 5.75 Å². The molecule has 0 unspecified atom stereocenters. The number of hydrogen-bond acceptors (Lipinski definition) is 3. The average Bonchev–Trinajstić information content (AvgIpc) is 2.47. The monoisotopic (exact) mass is 349 g/mol. The first-order chi connectivity index (χ1) is 10.1. The first-order valence-corrected chi connectivity index (χ1v) is 7.34. The van der Waals surface area contributed by atoms with Crippen molar-refractivity contribution in [3.05, 3.63) is 59.1 Å². The number of benzene rings is 2. The van der Waals surface area contributed by atoms with E-state index >= 15 is 0 Å². The lowest BCUT2D eigenvalue weighted by atomic mass is 10.3.